The van der Waals surface area contributed by atoms with Crippen LogP contribution >= 0.6 is 12.6 Å². The normalized spacial score (nSPS) is 20.4. The molecule has 0 radical (unpaired) electrons. The largest absolute Gasteiger partial charge is 0.343 e. The first-order valence-corrected chi connectivity index (χ1v) is 6.72. The molecule has 1 unspecified atom stereocenters. The van der Waals surface area contributed by atoms with Gasteiger partial charge in [-0.1, -0.05) is 20.8 Å². The van der Waals surface area contributed by atoms with Gasteiger partial charge in [0.15, 0.2) is 0 Å². The number of hydrogen-bond donors (Lipinski definition) is 1. The first-order chi connectivity index (χ1) is 7.22. The lowest BCUT2D eigenvalue weighted by Gasteiger charge is -2.36. The van der Waals surface area contributed by atoms with E-state index in [1.807, 2.05) is 11.9 Å². The van der Waals surface area contributed by atoms with Gasteiger partial charge in [-0.3, -0.25) is 4.79 Å². The number of rotatable bonds is 4. The Hall–Kier alpha value is -0.180. The maximum absolute atomic E-state index is 12.1. The summed E-state index contributed by atoms with van der Waals surface area (Å²) < 4.78 is 0. The molecule has 1 saturated carbocycles. The van der Waals surface area contributed by atoms with E-state index in [9.17, 15) is 4.79 Å². The SMILES string of the molecule is CC(N(C)C(=O)CC1(CS)CC1)C(C)(C)C. The zero-order valence-electron chi connectivity index (χ0n) is 11.2. The molecule has 1 aliphatic rings. The van der Waals surface area contributed by atoms with Crippen molar-refractivity contribution in [3.05, 3.63) is 0 Å². The summed E-state index contributed by atoms with van der Waals surface area (Å²) in [6, 6.07) is 0.274. The van der Waals surface area contributed by atoms with Crippen molar-refractivity contribution in [2.75, 3.05) is 12.8 Å². The minimum atomic E-state index is 0.141. The van der Waals surface area contributed by atoms with Crippen LogP contribution in [0.2, 0.25) is 0 Å². The summed E-state index contributed by atoms with van der Waals surface area (Å²) in [6.07, 6.45) is 3.01. The summed E-state index contributed by atoms with van der Waals surface area (Å²) in [5.74, 6) is 1.12. The lowest BCUT2D eigenvalue weighted by atomic mass is 9.86. The minimum Gasteiger partial charge on any atom is -0.343 e. The van der Waals surface area contributed by atoms with Gasteiger partial charge in [-0.25, -0.2) is 0 Å². The fourth-order valence-electron chi connectivity index (χ4n) is 1.81. The standard InChI is InChI=1S/C13H25NOS/c1-10(12(2,3)4)14(5)11(15)8-13(9-16)6-7-13/h10,16H,6-9H2,1-5H3. The fourth-order valence-corrected chi connectivity index (χ4v) is 2.24. The van der Waals surface area contributed by atoms with E-state index in [-0.39, 0.29) is 22.8 Å². The molecular weight excluding hydrogens is 218 g/mol. The molecule has 3 heteroatoms. The van der Waals surface area contributed by atoms with Crippen LogP contribution in [-0.2, 0) is 4.79 Å². The van der Waals surface area contributed by atoms with E-state index < -0.39 is 0 Å². The van der Waals surface area contributed by atoms with E-state index in [0.29, 0.717) is 6.42 Å². The second-order valence-corrected chi connectivity index (χ2v) is 6.70. The quantitative estimate of drug-likeness (QED) is 0.753. The molecule has 2 nitrogen and oxygen atoms in total. The van der Waals surface area contributed by atoms with Crippen LogP contribution in [0.25, 0.3) is 0 Å². The zero-order chi connectivity index (χ0) is 12.6. The van der Waals surface area contributed by atoms with Gasteiger partial charge in [0.05, 0.1) is 0 Å². The molecule has 0 aromatic rings. The number of thiol groups is 1. The van der Waals surface area contributed by atoms with Gasteiger partial charge in [-0.15, -0.1) is 0 Å². The molecule has 0 aromatic carbocycles. The molecule has 0 aromatic heterocycles. The first-order valence-electron chi connectivity index (χ1n) is 6.08. The summed E-state index contributed by atoms with van der Waals surface area (Å²) in [5, 5.41) is 0. The average molecular weight is 243 g/mol. The summed E-state index contributed by atoms with van der Waals surface area (Å²) in [4.78, 5) is 14.0. The van der Waals surface area contributed by atoms with Crippen LogP contribution in [0.15, 0.2) is 0 Å². The van der Waals surface area contributed by atoms with Crippen LogP contribution in [0.1, 0.15) is 47.0 Å². The minimum absolute atomic E-state index is 0.141. The Balaban J connectivity index is 2.54. The van der Waals surface area contributed by atoms with Crippen molar-refractivity contribution in [2.24, 2.45) is 10.8 Å². The lowest BCUT2D eigenvalue weighted by Crippen LogP contribution is -2.43. The molecule has 1 atom stereocenters. The highest BCUT2D eigenvalue weighted by molar-refractivity contribution is 7.80. The van der Waals surface area contributed by atoms with Crippen molar-refractivity contribution in [3.8, 4) is 0 Å². The van der Waals surface area contributed by atoms with Gasteiger partial charge >= 0.3 is 0 Å². The second kappa shape index (κ2) is 4.59. The number of carbonyl (C=O) groups is 1. The molecule has 0 bridgehead atoms. The van der Waals surface area contributed by atoms with Crippen molar-refractivity contribution >= 4 is 18.5 Å². The molecular formula is C13H25NOS. The molecule has 0 heterocycles. The highest BCUT2D eigenvalue weighted by Crippen LogP contribution is 2.50. The number of amides is 1. The summed E-state index contributed by atoms with van der Waals surface area (Å²) in [6.45, 7) is 8.64. The van der Waals surface area contributed by atoms with Crippen LogP contribution in [0.5, 0.6) is 0 Å². The van der Waals surface area contributed by atoms with Crippen molar-refractivity contribution in [1.29, 1.82) is 0 Å². The maximum Gasteiger partial charge on any atom is 0.223 e. The predicted octanol–water partition coefficient (Wildman–Crippen LogP) is 2.98. The third kappa shape index (κ3) is 3.16. The Bertz CT molecular complexity index is 266. The Morgan fingerprint density at radius 1 is 1.44 bits per heavy atom. The van der Waals surface area contributed by atoms with Gasteiger partial charge < -0.3 is 4.90 Å². The van der Waals surface area contributed by atoms with Crippen molar-refractivity contribution < 1.29 is 4.79 Å². The molecule has 0 spiro atoms. The predicted molar refractivity (Wildman–Crippen MR) is 71.8 cm³/mol. The number of carbonyl (C=O) groups excluding carboxylic acids is 1. The first kappa shape index (κ1) is 13.9. The second-order valence-electron chi connectivity index (χ2n) is 6.38. The number of hydrogen-bond acceptors (Lipinski definition) is 2. The van der Waals surface area contributed by atoms with Crippen LogP contribution < -0.4 is 0 Å². The van der Waals surface area contributed by atoms with Gasteiger partial charge in [0.1, 0.15) is 0 Å². The summed E-state index contributed by atoms with van der Waals surface area (Å²) in [5.41, 5.74) is 0.369. The zero-order valence-corrected chi connectivity index (χ0v) is 12.1. The topological polar surface area (TPSA) is 20.3 Å². The fraction of sp³-hybridized carbons (Fsp3) is 0.923. The maximum atomic E-state index is 12.1. The van der Waals surface area contributed by atoms with E-state index in [0.717, 1.165) is 5.75 Å². The van der Waals surface area contributed by atoms with E-state index >= 15 is 0 Å². The third-order valence-electron chi connectivity index (χ3n) is 4.05. The van der Waals surface area contributed by atoms with E-state index in [1.54, 1.807) is 0 Å². The molecule has 1 aliphatic carbocycles. The lowest BCUT2D eigenvalue weighted by molar-refractivity contribution is -0.134. The average Bonchev–Trinajstić information content (AvgIpc) is 2.94. The smallest absolute Gasteiger partial charge is 0.223 e. The van der Waals surface area contributed by atoms with E-state index in [1.165, 1.54) is 12.8 Å². The van der Waals surface area contributed by atoms with Crippen LogP contribution in [0.3, 0.4) is 0 Å². The monoisotopic (exact) mass is 243 g/mol. The van der Waals surface area contributed by atoms with Gasteiger partial charge in [0.25, 0.3) is 0 Å². The van der Waals surface area contributed by atoms with Crippen molar-refractivity contribution in [2.45, 2.75) is 53.0 Å². The highest BCUT2D eigenvalue weighted by atomic mass is 32.1. The summed E-state index contributed by atoms with van der Waals surface area (Å²) in [7, 11) is 1.92. The summed E-state index contributed by atoms with van der Waals surface area (Å²) >= 11 is 4.34. The van der Waals surface area contributed by atoms with Crippen LogP contribution in [-0.4, -0.2) is 29.6 Å². The molecule has 1 rings (SSSR count). The molecule has 1 fully saturated rings. The Labute approximate surface area is 105 Å². The van der Waals surface area contributed by atoms with Crippen molar-refractivity contribution in [1.82, 2.24) is 4.90 Å². The highest BCUT2D eigenvalue weighted by Gasteiger charge is 2.44. The van der Waals surface area contributed by atoms with Gasteiger partial charge in [-0.2, -0.15) is 12.6 Å². The molecule has 0 saturated heterocycles. The Kier molecular flexibility index (Phi) is 3.99. The molecule has 1 amide bonds. The molecule has 0 aliphatic heterocycles. The van der Waals surface area contributed by atoms with E-state index in [2.05, 4.69) is 40.3 Å². The van der Waals surface area contributed by atoms with Crippen LogP contribution in [0.4, 0.5) is 0 Å². The van der Waals surface area contributed by atoms with Crippen molar-refractivity contribution in [3.63, 3.8) is 0 Å². The third-order valence-corrected chi connectivity index (χ3v) is 4.72. The number of nitrogens with zero attached hydrogens (tertiary/aromatic N) is 1. The molecule has 94 valence electrons. The van der Waals surface area contributed by atoms with Gasteiger partial charge in [0, 0.05) is 19.5 Å². The molecule has 16 heavy (non-hydrogen) atoms. The van der Waals surface area contributed by atoms with E-state index in [4.69, 9.17) is 0 Å². The molecule has 0 N–H and O–H groups in total. The van der Waals surface area contributed by atoms with Crippen LogP contribution in [0, 0.1) is 10.8 Å². The van der Waals surface area contributed by atoms with Gasteiger partial charge in [0.2, 0.25) is 5.91 Å². The Morgan fingerprint density at radius 3 is 2.25 bits per heavy atom. The van der Waals surface area contributed by atoms with Gasteiger partial charge in [-0.05, 0) is 36.3 Å². The Morgan fingerprint density at radius 2 is 1.94 bits per heavy atom.